The lowest BCUT2D eigenvalue weighted by Gasteiger charge is -2.17. The van der Waals surface area contributed by atoms with Crippen LogP contribution in [0, 0.1) is 0 Å². The summed E-state index contributed by atoms with van der Waals surface area (Å²) >= 11 is 12.4. The Bertz CT molecular complexity index is 1030. The second kappa shape index (κ2) is 10.0. The number of aromatic amines is 1. The summed E-state index contributed by atoms with van der Waals surface area (Å²) in [5.74, 6) is 1.40. The monoisotopic (exact) mass is 433 g/mol. The van der Waals surface area contributed by atoms with Crippen molar-refractivity contribution < 1.29 is 4.74 Å². The molecule has 2 aromatic carbocycles. The third-order valence-electron chi connectivity index (χ3n) is 4.34. The fourth-order valence-electron chi connectivity index (χ4n) is 3.06. The van der Waals surface area contributed by atoms with Gasteiger partial charge in [-0.2, -0.15) is 0 Å². The molecule has 0 saturated heterocycles. The van der Waals surface area contributed by atoms with Gasteiger partial charge in [-0.3, -0.25) is 4.79 Å². The van der Waals surface area contributed by atoms with Crippen LogP contribution in [0.5, 0.6) is 5.75 Å². The number of aromatic nitrogens is 1. The molecular weight excluding hydrogens is 409 g/mol. The lowest BCUT2D eigenvalue weighted by atomic mass is 10.2. The highest BCUT2D eigenvalue weighted by atomic mass is 35.5. The van der Waals surface area contributed by atoms with E-state index in [4.69, 9.17) is 27.9 Å². The zero-order chi connectivity index (χ0) is 20.8. The molecular formula is C22H25Cl2N3O2. The number of ether oxygens (including phenoxy) is 1. The Kier molecular flexibility index (Phi) is 7.42. The van der Waals surface area contributed by atoms with Crippen molar-refractivity contribution in [3.8, 4) is 5.75 Å². The number of halogens is 2. The van der Waals surface area contributed by atoms with Gasteiger partial charge in [-0.25, -0.2) is 0 Å². The molecule has 7 heteroatoms. The normalized spacial score (nSPS) is 11.2. The van der Waals surface area contributed by atoms with E-state index in [1.54, 1.807) is 12.1 Å². The Morgan fingerprint density at radius 2 is 1.90 bits per heavy atom. The van der Waals surface area contributed by atoms with Gasteiger partial charge in [0.25, 0.3) is 0 Å². The number of nitrogens with one attached hydrogen (secondary N) is 3. The highest BCUT2D eigenvalue weighted by Crippen LogP contribution is 2.33. The molecule has 1 aromatic heterocycles. The molecule has 0 unspecified atom stereocenters. The molecule has 0 aliphatic carbocycles. The average molecular weight is 434 g/mol. The molecule has 1 heterocycles. The van der Waals surface area contributed by atoms with Crippen molar-refractivity contribution in [2.24, 2.45) is 0 Å². The molecule has 0 atom stereocenters. The number of rotatable bonds is 9. The Labute approximate surface area is 180 Å². The van der Waals surface area contributed by atoms with E-state index in [0.717, 1.165) is 36.4 Å². The average Bonchev–Trinajstić information content (AvgIpc) is 2.67. The number of hydrogen-bond acceptors (Lipinski definition) is 4. The molecule has 0 fully saturated rings. The molecule has 0 aliphatic rings. The van der Waals surface area contributed by atoms with Crippen LogP contribution in [0.4, 0.5) is 5.82 Å². The van der Waals surface area contributed by atoms with E-state index in [1.807, 2.05) is 44.2 Å². The summed E-state index contributed by atoms with van der Waals surface area (Å²) in [6.45, 7) is 6.05. The number of para-hydroxylation sites is 1. The summed E-state index contributed by atoms with van der Waals surface area (Å²) < 4.78 is 5.84. The third-order valence-corrected chi connectivity index (χ3v) is 4.84. The smallest absolute Gasteiger partial charge is 0.191 e. The van der Waals surface area contributed by atoms with E-state index in [9.17, 15) is 4.79 Å². The number of benzene rings is 2. The van der Waals surface area contributed by atoms with Gasteiger partial charge in [0.2, 0.25) is 0 Å². The van der Waals surface area contributed by atoms with E-state index in [0.29, 0.717) is 27.7 Å². The Morgan fingerprint density at radius 1 is 1.10 bits per heavy atom. The fraction of sp³-hybridized carbons (Fsp3) is 0.318. The van der Waals surface area contributed by atoms with Gasteiger partial charge >= 0.3 is 0 Å². The maximum absolute atomic E-state index is 12.1. The minimum Gasteiger partial charge on any atom is -0.489 e. The largest absolute Gasteiger partial charge is 0.489 e. The SMILES string of the molecule is CC(C)Oc1c(Cl)cc(Cl)cc1CNCCCNc1cc(=O)c2ccccc2[nH]1. The van der Waals surface area contributed by atoms with Crippen LogP contribution >= 0.6 is 23.2 Å². The summed E-state index contributed by atoms with van der Waals surface area (Å²) in [4.78, 5) is 15.4. The van der Waals surface area contributed by atoms with Crippen molar-refractivity contribution in [2.45, 2.75) is 32.9 Å². The van der Waals surface area contributed by atoms with Crippen LogP contribution in [0.2, 0.25) is 10.0 Å². The second-order valence-electron chi connectivity index (χ2n) is 7.09. The van der Waals surface area contributed by atoms with Crippen molar-refractivity contribution in [3.05, 3.63) is 68.3 Å². The van der Waals surface area contributed by atoms with Crippen molar-refractivity contribution in [3.63, 3.8) is 0 Å². The van der Waals surface area contributed by atoms with Crippen LogP contribution in [0.1, 0.15) is 25.8 Å². The van der Waals surface area contributed by atoms with Crippen molar-refractivity contribution in [1.29, 1.82) is 0 Å². The Balaban J connectivity index is 1.50. The molecule has 0 spiro atoms. The van der Waals surface area contributed by atoms with Crippen LogP contribution in [0.25, 0.3) is 10.9 Å². The van der Waals surface area contributed by atoms with Gasteiger partial charge in [0, 0.05) is 35.1 Å². The predicted octanol–water partition coefficient (Wildman–Crippen LogP) is 5.21. The fourth-order valence-corrected chi connectivity index (χ4v) is 3.64. The Morgan fingerprint density at radius 3 is 2.69 bits per heavy atom. The number of hydrogen-bond donors (Lipinski definition) is 3. The first kappa shape index (κ1) is 21.5. The van der Waals surface area contributed by atoms with Crippen LogP contribution in [-0.2, 0) is 6.54 Å². The first-order valence-electron chi connectivity index (χ1n) is 9.65. The highest BCUT2D eigenvalue weighted by molar-refractivity contribution is 6.35. The van der Waals surface area contributed by atoms with E-state index < -0.39 is 0 Å². The first-order valence-corrected chi connectivity index (χ1v) is 10.4. The van der Waals surface area contributed by atoms with E-state index in [2.05, 4.69) is 15.6 Å². The molecule has 3 rings (SSSR count). The van der Waals surface area contributed by atoms with Crippen LogP contribution in [-0.4, -0.2) is 24.2 Å². The number of H-pyrrole nitrogens is 1. The number of anilines is 1. The molecule has 3 aromatic rings. The summed E-state index contributed by atoms with van der Waals surface area (Å²) in [5, 5.41) is 8.46. The summed E-state index contributed by atoms with van der Waals surface area (Å²) in [5.41, 5.74) is 1.77. The zero-order valence-corrected chi connectivity index (χ0v) is 18.0. The minimum atomic E-state index is 0.00971. The van der Waals surface area contributed by atoms with E-state index in [1.165, 1.54) is 0 Å². The number of pyridine rings is 1. The predicted molar refractivity (Wildman–Crippen MR) is 122 cm³/mol. The van der Waals surface area contributed by atoms with Crippen LogP contribution < -0.4 is 20.8 Å². The summed E-state index contributed by atoms with van der Waals surface area (Å²) in [7, 11) is 0. The second-order valence-corrected chi connectivity index (χ2v) is 7.94. The summed E-state index contributed by atoms with van der Waals surface area (Å²) in [6.07, 6.45) is 0.907. The highest BCUT2D eigenvalue weighted by Gasteiger charge is 2.12. The maximum atomic E-state index is 12.1. The molecule has 0 saturated carbocycles. The van der Waals surface area contributed by atoms with Gasteiger partial charge in [-0.15, -0.1) is 0 Å². The van der Waals surface area contributed by atoms with Crippen molar-refractivity contribution >= 4 is 39.9 Å². The topological polar surface area (TPSA) is 66.2 Å². The van der Waals surface area contributed by atoms with Crippen LogP contribution in [0.3, 0.4) is 0 Å². The van der Waals surface area contributed by atoms with Crippen LogP contribution in [0.15, 0.2) is 47.3 Å². The standard InChI is InChI=1S/C22H25Cl2N3O2/c1-14(2)29-22-15(10-16(23)11-18(22)24)13-25-8-5-9-26-21-12-20(28)17-6-3-4-7-19(17)27-21/h3-4,6-7,10-12,14,25H,5,8-9,13H2,1-2H3,(H2,26,27,28). The molecule has 3 N–H and O–H groups in total. The van der Waals surface area contributed by atoms with Crippen molar-refractivity contribution in [2.75, 3.05) is 18.4 Å². The minimum absolute atomic E-state index is 0.00971. The van der Waals surface area contributed by atoms with E-state index in [-0.39, 0.29) is 11.5 Å². The molecule has 0 aliphatic heterocycles. The lowest BCUT2D eigenvalue weighted by molar-refractivity contribution is 0.239. The quantitative estimate of drug-likeness (QED) is 0.405. The van der Waals surface area contributed by atoms with Gasteiger partial charge in [0.1, 0.15) is 11.6 Å². The molecule has 0 radical (unpaired) electrons. The third kappa shape index (κ3) is 5.89. The van der Waals surface area contributed by atoms with E-state index >= 15 is 0 Å². The van der Waals surface area contributed by atoms with Gasteiger partial charge < -0.3 is 20.4 Å². The van der Waals surface area contributed by atoms with Gasteiger partial charge in [0.05, 0.1) is 16.6 Å². The summed E-state index contributed by atoms with van der Waals surface area (Å²) in [6, 6.07) is 12.7. The number of fused-ring (bicyclic) bond motifs is 1. The molecule has 5 nitrogen and oxygen atoms in total. The maximum Gasteiger partial charge on any atom is 0.191 e. The molecule has 154 valence electrons. The van der Waals surface area contributed by atoms with Gasteiger partial charge in [0.15, 0.2) is 5.43 Å². The van der Waals surface area contributed by atoms with Gasteiger partial charge in [-0.1, -0.05) is 35.3 Å². The molecule has 0 bridgehead atoms. The van der Waals surface area contributed by atoms with Crippen molar-refractivity contribution in [1.82, 2.24) is 10.3 Å². The molecule has 0 amide bonds. The lowest BCUT2D eigenvalue weighted by Crippen LogP contribution is -2.19. The van der Waals surface area contributed by atoms with Gasteiger partial charge in [-0.05, 0) is 51.1 Å². The first-order chi connectivity index (χ1) is 13.9. The Hall–Kier alpha value is -2.21. The molecule has 29 heavy (non-hydrogen) atoms. The zero-order valence-electron chi connectivity index (χ0n) is 16.5.